The molecule has 0 bridgehead atoms. The maximum absolute atomic E-state index is 11.6. The summed E-state index contributed by atoms with van der Waals surface area (Å²) in [5.41, 5.74) is 6.12. The quantitative estimate of drug-likeness (QED) is 0.723. The van der Waals surface area contributed by atoms with Crippen LogP contribution in [-0.2, 0) is 16.1 Å². The van der Waals surface area contributed by atoms with E-state index in [1.54, 1.807) is 0 Å². The molecule has 0 atom stereocenters. The van der Waals surface area contributed by atoms with E-state index in [-0.39, 0.29) is 30.6 Å². The molecule has 2 rings (SSSR count). The summed E-state index contributed by atoms with van der Waals surface area (Å²) in [6.45, 7) is 0.840. The maximum Gasteiger partial charge on any atom is 0.240 e. The summed E-state index contributed by atoms with van der Waals surface area (Å²) in [5.74, 6) is -0.227. The summed E-state index contributed by atoms with van der Waals surface area (Å²) >= 11 is 0. The molecule has 0 aliphatic heterocycles. The Morgan fingerprint density at radius 1 is 1.15 bits per heavy atom. The minimum atomic E-state index is -0.666. The van der Waals surface area contributed by atoms with Crippen LogP contribution in [0.2, 0.25) is 0 Å². The molecule has 0 unspecified atom stereocenters. The van der Waals surface area contributed by atoms with Gasteiger partial charge in [0.2, 0.25) is 11.8 Å². The molecule has 2 amide bonds. The van der Waals surface area contributed by atoms with Gasteiger partial charge in [-0.15, -0.1) is 12.4 Å². The zero-order valence-corrected chi connectivity index (χ0v) is 12.0. The zero-order valence-electron chi connectivity index (χ0n) is 11.2. The van der Waals surface area contributed by atoms with Gasteiger partial charge in [0, 0.05) is 19.5 Å². The molecule has 6 heteroatoms. The minimum absolute atomic E-state index is 0. The van der Waals surface area contributed by atoms with E-state index in [0.717, 1.165) is 18.4 Å². The summed E-state index contributed by atoms with van der Waals surface area (Å²) in [6, 6.07) is 9.69. The Balaban J connectivity index is 0.00000200. The van der Waals surface area contributed by atoms with Crippen LogP contribution in [0.1, 0.15) is 24.8 Å². The summed E-state index contributed by atoms with van der Waals surface area (Å²) in [4.78, 5) is 23.1. The lowest BCUT2D eigenvalue weighted by molar-refractivity contribution is -0.123. The molecule has 1 saturated carbocycles. The van der Waals surface area contributed by atoms with Gasteiger partial charge in [-0.1, -0.05) is 30.3 Å². The van der Waals surface area contributed by atoms with Crippen LogP contribution in [0.15, 0.2) is 30.3 Å². The highest BCUT2D eigenvalue weighted by Crippen LogP contribution is 2.31. The lowest BCUT2D eigenvalue weighted by Gasteiger charge is -2.10. The van der Waals surface area contributed by atoms with E-state index >= 15 is 0 Å². The van der Waals surface area contributed by atoms with Crippen LogP contribution < -0.4 is 16.4 Å². The first-order valence-corrected chi connectivity index (χ1v) is 6.48. The van der Waals surface area contributed by atoms with Gasteiger partial charge in [0.15, 0.2) is 0 Å². The second-order valence-corrected chi connectivity index (χ2v) is 4.92. The van der Waals surface area contributed by atoms with E-state index in [0.29, 0.717) is 13.1 Å². The number of nitrogens with one attached hydrogen (secondary N) is 2. The van der Waals surface area contributed by atoms with Gasteiger partial charge in [0.1, 0.15) is 0 Å². The number of carbonyl (C=O) groups excluding carboxylic acids is 2. The number of carbonyl (C=O) groups is 2. The van der Waals surface area contributed by atoms with Gasteiger partial charge in [-0.05, 0) is 18.4 Å². The Morgan fingerprint density at radius 2 is 1.80 bits per heavy atom. The van der Waals surface area contributed by atoms with Crippen molar-refractivity contribution in [2.75, 3.05) is 6.54 Å². The Labute approximate surface area is 124 Å². The number of benzene rings is 1. The summed E-state index contributed by atoms with van der Waals surface area (Å²) in [6.07, 6.45) is 1.74. The molecule has 0 aromatic heterocycles. The van der Waals surface area contributed by atoms with Crippen molar-refractivity contribution >= 4 is 24.2 Å². The zero-order chi connectivity index (χ0) is 13.7. The molecule has 0 heterocycles. The van der Waals surface area contributed by atoms with Crippen molar-refractivity contribution < 1.29 is 9.59 Å². The third-order valence-corrected chi connectivity index (χ3v) is 3.21. The molecular weight excluding hydrogens is 278 g/mol. The largest absolute Gasteiger partial charge is 0.354 e. The van der Waals surface area contributed by atoms with Crippen LogP contribution in [-0.4, -0.2) is 23.9 Å². The number of nitrogens with two attached hydrogens (primary N) is 1. The van der Waals surface area contributed by atoms with Crippen molar-refractivity contribution in [1.82, 2.24) is 10.6 Å². The molecule has 1 aliphatic rings. The molecule has 5 nitrogen and oxygen atoms in total. The Kier molecular flexibility index (Phi) is 5.98. The van der Waals surface area contributed by atoms with E-state index in [4.69, 9.17) is 5.73 Å². The second-order valence-electron chi connectivity index (χ2n) is 4.92. The fourth-order valence-corrected chi connectivity index (χ4v) is 1.71. The third-order valence-electron chi connectivity index (χ3n) is 3.21. The van der Waals surface area contributed by atoms with Crippen molar-refractivity contribution in [2.45, 2.75) is 31.3 Å². The van der Waals surface area contributed by atoms with Crippen LogP contribution in [0.4, 0.5) is 0 Å². The maximum atomic E-state index is 11.6. The van der Waals surface area contributed by atoms with Gasteiger partial charge in [-0.3, -0.25) is 9.59 Å². The fourth-order valence-electron chi connectivity index (χ4n) is 1.71. The number of hydrogen-bond acceptors (Lipinski definition) is 3. The molecule has 1 aromatic rings. The molecule has 0 radical (unpaired) electrons. The van der Waals surface area contributed by atoms with E-state index in [1.807, 2.05) is 30.3 Å². The molecule has 4 N–H and O–H groups in total. The highest BCUT2D eigenvalue weighted by molar-refractivity contribution is 5.89. The number of halogens is 1. The van der Waals surface area contributed by atoms with Crippen LogP contribution in [0.5, 0.6) is 0 Å². The second kappa shape index (κ2) is 7.26. The topological polar surface area (TPSA) is 84.2 Å². The van der Waals surface area contributed by atoms with Crippen molar-refractivity contribution in [3.8, 4) is 0 Å². The van der Waals surface area contributed by atoms with Gasteiger partial charge in [0.25, 0.3) is 0 Å². The van der Waals surface area contributed by atoms with Crippen molar-refractivity contribution in [2.24, 2.45) is 5.73 Å². The standard InChI is InChI=1S/C14H19N3O2.ClH/c15-14(7-8-14)13(19)16-9-6-12(18)17-10-11-4-2-1-3-5-11;/h1-5H,6-10,15H2,(H,16,19)(H,17,18);1H. The van der Waals surface area contributed by atoms with Crippen LogP contribution in [0, 0.1) is 0 Å². The Hall–Kier alpha value is -1.59. The molecule has 1 aliphatic carbocycles. The smallest absolute Gasteiger partial charge is 0.240 e. The lowest BCUT2D eigenvalue weighted by atomic mass is 10.2. The normalized spacial score (nSPS) is 14.8. The molecule has 0 spiro atoms. The summed E-state index contributed by atoms with van der Waals surface area (Å²) < 4.78 is 0. The van der Waals surface area contributed by atoms with Gasteiger partial charge < -0.3 is 16.4 Å². The summed E-state index contributed by atoms with van der Waals surface area (Å²) in [7, 11) is 0. The first kappa shape index (κ1) is 16.5. The first-order chi connectivity index (χ1) is 9.10. The van der Waals surface area contributed by atoms with E-state index < -0.39 is 5.54 Å². The van der Waals surface area contributed by atoms with Crippen LogP contribution in [0.25, 0.3) is 0 Å². The summed E-state index contributed by atoms with van der Waals surface area (Å²) in [5, 5.41) is 5.49. The van der Waals surface area contributed by atoms with Crippen molar-refractivity contribution in [3.05, 3.63) is 35.9 Å². The van der Waals surface area contributed by atoms with Gasteiger partial charge in [-0.2, -0.15) is 0 Å². The molecular formula is C14H20ClN3O2. The Bertz CT molecular complexity index is 461. The molecule has 110 valence electrons. The van der Waals surface area contributed by atoms with Crippen LogP contribution >= 0.6 is 12.4 Å². The highest BCUT2D eigenvalue weighted by Gasteiger charge is 2.45. The van der Waals surface area contributed by atoms with Crippen LogP contribution in [0.3, 0.4) is 0 Å². The highest BCUT2D eigenvalue weighted by atomic mass is 35.5. The van der Waals surface area contributed by atoms with Crippen molar-refractivity contribution in [3.63, 3.8) is 0 Å². The predicted molar refractivity (Wildman–Crippen MR) is 79.3 cm³/mol. The third kappa shape index (κ3) is 4.83. The number of hydrogen-bond donors (Lipinski definition) is 3. The Morgan fingerprint density at radius 3 is 2.40 bits per heavy atom. The molecule has 1 fully saturated rings. The molecule has 1 aromatic carbocycles. The first-order valence-electron chi connectivity index (χ1n) is 6.48. The molecule has 0 saturated heterocycles. The van der Waals surface area contributed by atoms with E-state index in [9.17, 15) is 9.59 Å². The van der Waals surface area contributed by atoms with E-state index in [1.165, 1.54) is 0 Å². The fraction of sp³-hybridized carbons (Fsp3) is 0.429. The number of rotatable bonds is 6. The lowest BCUT2D eigenvalue weighted by Crippen LogP contribution is -2.43. The van der Waals surface area contributed by atoms with E-state index in [2.05, 4.69) is 10.6 Å². The van der Waals surface area contributed by atoms with Gasteiger partial charge in [0.05, 0.1) is 5.54 Å². The van der Waals surface area contributed by atoms with Gasteiger partial charge >= 0.3 is 0 Å². The average Bonchev–Trinajstić information content (AvgIpc) is 3.17. The van der Waals surface area contributed by atoms with Gasteiger partial charge in [-0.25, -0.2) is 0 Å². The SMILES string of the molecule is Cl.NC1(C(=O)NCCC(=O)NCc2ccccc2)CC1. The average molecular weight is 298 g/mol. The predicted octanol–water partition coefficient (Wildman–Crippen LogP) is 0.722. The number of amides is 2. The molecule has 20 heavy (non-hydrogen) atoms. The monoisotopic (exact) mass is 297 g/mol. The minimum Gasteiger partial charge on any atom is -0.354 e. The van der Waals surface area contributed by atoms with Crippen molar-refractivity contribution in [1.29, 1.82) is 0 Å².